The van der Waals surface area contributed by atoms with Crippen LogP contribution in [0, 0.1) is 0 Å². The van der Waals surface area contributed by atoms with E-state index in [9.17, 15) is 9.59 Å². The molecule has 0 fully saturated rings. The quantitative estimate of drug-likeness (QED) is 0.565. The fourth-order valence-electron chi connectivity index (χ4n) is 2.49. The van der Waals surface area contributed by atoms with Crippen LogP contribution in [0.3, 0.4) is 0 Å². The van der Waals surface area contributed by atoms with Crippen LogP contribution in [-0.2, 0) is 11.3 Å². The first kappa shape index (κ1) is 17.6. The third-order valence-corrected chi connectivity index (χ3v) is 4.43. The smallest absolute Gasteiger partial charge is 0.197 e. The van der Waals surface area contributed by atoms with Crippen molar-refractivity contribution in [1.82, 2.24) is 20.2 Å². The second-order valence-electron chi connectivity index (χ2n) is 5.45. The summed E-state index contributed by atoms with van der Waals surface area (Å²) in [6, 6.07) is 4.63. The first-order chi connectivity index (χ1) is 12.1. The number of nitrogens with zero attached hydrogens (tertiary/aromatic N) is 4. The number of Topliss-reactive ketones (excluding diaryl/α,β-unsaturated/α-hetero) is 2. The second-order valence-corrected chi connectivity index (χ2v) is 6.32. The first-order valence-electron chi connectivity index (χ1n) is 7.66. The molecule has 0 saturated heterocycles. The number of carbonyl (C=O) groups is 2. The normalized spacial score (nSPS) is 14.7. The Morgan fingerprint density at radius 3 is 2.84 bits per heavy atom. The standard InChI is InChI=1S/C16H14Cl2N4O3/c17-11-5-4-10(16(24)15-12(18)2-1-3-13(15)23)8-14(11)25-7-6-22-9-19-20-21-22/h4-5,8-9H,1-3,6-7H2. The van der Waals surface area contributed by atoms with Crippen LogP contribution in [0.25, 0.3) is 0 Å². The van der Waals surface area contributed by atoms with Gasteiger partial charge >= 0.3 is 0 Å². The monoisotopic (exact) mass is 380 g/mol. The molecule has 3 rings (SSSR count). The number of aromatic nitrogens is 4. The number of benzene rings is 1. The van der Waals surface area contributed by atoms with E-state index in [1.807, 2.05) is 0 Å². The van der Waals surface area contributed by atoms with E-state index in [1.54, 1.807) is 12.1 Å². The fourth-order valence-corrected chi connectivity index (χ4v) is 2.98. The summed E-state index contributed by atoms with van der Waals surface area (Å²) in [6.45, 7) is 0.696. The Balaban J connectivity index is 1.76. The van der Waals surface area contributed by atoms with Crippen molar-refractivity contribution in [2.24, 2.45) is 0 Å². The number of hydrogen-bond acceptors (Lipinski definition) is 6. The minimum atomic E-state index is -0.406. The van der Waals surface area contributed by atoms with Crippen LogP contribution in [0.2, 0.25) is 5.02 Å². The molecule has 1 aliphatic rings. The molecular formula is C16H14Cl2N4O3. The number of tetrazole rings is 1. The van der Waals surface area contributed by atoms with Gasteiger partial charge in [0.05, 0.1) is 17.1 Å². The first-order valence-corrected chi connectivity index (χ1v) is 8.41. The average Bonchev–Trinajstić information content (AvgIpc) is 3.09. The van der Waals surface area contributed by atoms with Gasteiger partial charge in [0.2, 0.25) is 0 Å². The predicted octanol–water partition coefficient (Wildman–Crippen LogP) is 2.83. The Bertz CT molecular complexity index is 834. The Labute approximate surface area is 153 Å². The molecular weight excluding hydrogens is 367 g/mol. The molecule has 2 aromatic rings. The highest BCUT2D eigenvalue weighted by atomic mass is 35.5. The van der Waals surface area contributed by atoms with E-state index in [2.05, 4.69) is 15.5 Å². The molecule has 1 aromatic carbocycles. The zero-order chi connectivity index (χ0) is 17.8. The summed E-state index contributed by atoms with van der Waals surface area (Å²) in [4.78, 5) is 24.7. The zero-order valence-corrected chi connectivity index (χ0v) is 14.6. The number of ketones is 2. The maximum Gasteiger partial charge on any atom is 0.197 e. The van der Waals surface area contributed by atoms with Gasteiger partial charge in [0.1, 0.15) is 18.7 Å². The van der Waals surface area contributed by atoms with Gasteiger partial charge in [0, 0.05) is 17.0 Å². The number of ether oxygens (including phenoxy) is 1. The Kier molecular flexibility index (Phi) is 5.45. The molecule has 0 N–H and O–H groups in total. The maximum absolute atomic E-state index is 12.7. The molecule has 7 nitrogen and oxygen atoms in total. The molecule has 0 spiro atoms. The van der Waals surface area contributed by atoms with Crippen molar-refractivity contribution < 1.29 is 14.3 Å². The predicted molar refractivity (Wildman–Crippen MR) is 90.8 cm³/mol. The molecule has 0 aliphatic heterocycles. The SMILES string of the molecule is O=C1CCCC(Cl)=C1C(=O)c1ccc(Cl)c(OCCn2cnnn2)c1. The minimum absolute atomic E-state index is 0.0647. The van der Waals surface area contributed by atoms with Crippen molar-refractivity contribution in [3.05, 3.63) is 45.7 Å². The lowest BCUT2D eigenvalue weighted by atomic mass is 9.91. The summed E-state index contributed by atoms with van der Waals surface area (Å²) in [6.07, 6.45) is 3.01. The van der Waals surface area contributed by atoms with Crippen molar-refractivity contribution in [2.45, 2.75) is 25.8 Å². The lowest BCUT2D eigenvalue weighted by molar-refractivity contribution is -0.115. The highest BCUT2D eigenvalue weighted by Gasteiger charge is 2.27. The van der Waals surface area contributed by atoms with Gasteiger partial charge in [-0.1, -0.05) is 23.2 Å². The Hall–Kier alpha value is -2.25. The fraction of sp³-hybridized carbons (Fsp3) is 0.312. The van der Waals surface area contributed by atoms with Crippen molar-refractivity contribution >= 4 is 34.8 Å². The molecule has 0 amide bonds. The van der Waals surface area contributed by atoms with Crippen LogP contribution in [0.5, 0.6) is 5.75 Å². The molecule has 0 atom stereocenters. The van der Waals surface area contributed by atoms with Crippen LogP contribution >= 0.6 is 23.2 Å². The zero-order valence-electron chi connectivity index (χ0n) is 13.1. The van der Waals surface area contributed by atoms with E-state index in [0.717, 1.165) is 0 Å². The molecule has 0 unspecified atom stereocenters. The average molecular weight is 381 g/mol. The molecule has 25 heavy (non-hydrogen) atoms. The van der Waals surface area contributed by atoms with Crippen LogP contribution in [0.15, 0.2) is 35.1 Å². The summed E-state index contributed by atoms with van der Waals surface area (Å²) < 4.78 is 7.12. The van der Waals surface area contributed by atoms with Crippen LogP contribution < -0.4 is 4.74 Å². The molecule has 9 heteroatoms. The van der Waals surface area contributed by atoms with Gasteiger partial charge in [0.15, 0.2) is 11.6 Å². The van der Waals surface area contributed by atoms with E-state index < -0.39 is 5.78 Å². The van der Waals surface area contributed by atoms with Crippen LogP contribution in [0.4, 0.5) is 0 Å². The number of rotatable bonds is 6. The summed E-state index contributed by atoms with van der Waals surface area (Å²) in [7, 11) is 0. The Morgan fingerprint density at radius 1 is 1.28 bits per heavy atom. The van der Waals surface area contributed by atoms with Crippen LogP contribution in [0.1, 0.15) is 29.6 Å². The van der Waals surface area contributed by atoms with Gasteiger partial charge in [-0.3, -0.25) is 9.59 Å². The molecule has 0 bridgehead atoms. The summed E-state index contributed by atoms with van der Waals surface area (Å²) in [5.74, 6) is -0.283. The number of carbonyl (C=O) groups excluding carboxylic acids is 2. The van der Waals surface area contributed by atoms with Crippen molar-refractivity contribution in [3.63, 3.8) is 0 Å². The number of allylic oxidation sites excluding steroid dienone is 2. The largest absolute Gasteiger partial charge is 0.490 e. The van der Waals surface area contributed by atoms with Crippen molar-refractivity contribution in [2.75, 3.05) is 6.61 Å². The maximum atomic E-state index is 12.7. The molecule has 130 valence electrons. The highest BCUT2D eigenvalue weighted by Crippen LogP contribution is 2.31. The van der Waals surface area contributed by atoms with Gasteiger partial charge < -0.3 is 4.74 Å². The molecule has 0 radical (unpaired) electrons. The van der Waals surface area contributed by atoms with E-state index in [4.69, 9.17) is 27.9 Å². The van der Waals surface area contributed by atoms with E-state index >= 15 is 0 Å². The molecule has 0 saturated carbocycles. The van der Waals surface area contributed by atoms with Gasteiger partial charge in [-0.15, -0.1) is 5.10 Å². The summed E-state index contributed by atoms with van der Waals surface area (Å²) in [5.41, 5.74) is 0.375. The van der Waals surface area contributed by atoms with Gasteiger partial charge in [-0.05, 0) is 41.5 Å². The molecule has 1 aliphatic carbocycles. The molecule has 1 heterocycles. The second kappa shape index (κ2) is 7.76. The number of halogens is 2. The van der Waals surface area contributed by atoms with Gasteiger partial charge in [-0.2, -0.15) is 0 Å². The summed E-state index contributed by atoms with van der Waals surface area (Å²) >= 11 is 12.2. The van der Waals surface area contributed by atoms with E-state index in [1.165, 1.54) is 17.1 Å². The van der Waals surface area contributed by atoms with E-state index in [0.29, 0.717) is 47.2 Å². The highest BCUT2D eigenvalue weighted by molar-refractivity contribution is 6.39. The lowest BCUT2D eigenvalue weighted by Gasteiger charge is -2.15. The van der Waals surface area contributed by atoms with E-state index in [-0.39, 0.29) is 18.0 Å². The molecule has 1 aromatic heterocycles. The lowest BCUT2D eigenvalue weighted by Crippen LogP contribution is -2.18. The van der Waals surface area contributed by atoms with Crippen molar-refractivity contribution in [1.29, 1.82) is 0 Å². The van der Waals surface area contributed by atoms with Gasteiger partial charge in [-0.25, -0.2) is 4.68 Å². The number of hydrogen-bond donors (Lipinski definition) is 0. The third-order valence-electron chi connectivity index (χ3n) is 3.74. The Morgan fingerprint density at radius 2 is 2.12 bits per heavy atom. The topological polar surface area (TPSA) is 87.0 Å². The summed E-state index contributed by atoms with van der Waals surface area (Å²) in [5, 5.41) is 11.5. The van der Waals surface area contributed by atoms with Gasteiger partial charge in [0.25, 0.3) is 0 Å². The van der Waals surface area contributed by atoms with Crippen LogP contribution in [-0.4, -0.2) is 38.4 Å². The minimum Gasteiger partial charge on any atom is -0.490 e. The third kappa shape index (κ3) is 4.05. The van der Waals surface area contributed by atoms with Crippen molar-refractivity contribution in [3.8, 4) is 5.75 Å².